The fourth-order valence-electron chi connectivity index (χ4n) is 4.60. The van der Waals surface area contributed by atoms with Crippen molar-refractivity contribution in [3.63, 3.8) is 0 Å². The molecule has 0 bridgehead atoms. The zero-order valence-corrected chi connectivity index (χ0v) is 23.0. The van der Waals surface area contributed by atoms with Gasteiger partial charge in [0.05, 0.1) is 30.6 Å². The highest BCUT2D eigenvalue weighted by molar-refractivity contribution is 6.00. The Morgan fingerprint density at radius 2 is 1.76 bits per heavy atom. The molecule has 1 aliphatic carbocycles. The molecule has 0 unspecified atom stereocenters. The van der Waals surface area contributed by atoms with Gasteiger partial charge in [-0.1, -0.05) is 0 Å². The predicted molar refractivity (Wildman–Crippen MR) is 145 cm³/mol. The molecule has 0 radical (unpaired) electrons. The maximum absolute atomic E-state index is 15.5. The molecule has 1 amide bonds. The van der Waals surface area contributed by atoms with Crippen molar-refractivity contribution in [3.8, 4) is 17.0 Å². The minimum absolute atomic E-state index is 0.0267. The number of carbonyl (C=O) groups excluding carboxylic acids is 1. The van der Waals surface area contributed by atoms with Gasteiger partial charge in [0.2, 0.25) is 0 Å². The van der Waals surface area contributed by atoms with E-state index in [1.54, 1.807) is 6.07 Å². The van der Waals surface area contributed by atoms with Crippen molar-refractivity contribution in [1.29, 1.82) is 0 Å². The highest BCUT2D eigenvalue weighted by Crippen LogP contribution is 2.40. The number of aliphatic hydroxyl groups is 2. The van der Waals surface area contributed by atoms with Crippen molar-refractivity contribution in [3.05, 3.63) is 82.7 Å². The fraction of sp³-hybridized carbons (Fsp3) is 0.333. The van der Waals surface area contributed by atoms with Crippen molar-refractivity contribution in [1.82, 2.24) is 20.5 Å². The monoisotopic (exact) mass is 584 g/mol. The van der Waals surface area contributed by atoms with Crippen LogP contribution in [0.2, 0.25) is 0 Å². The molecule has 3 N–H and O–H groups in total. The quantitative estimate of drug-likeness (QED) is 0.238. The first-order valence-corrected chi connectivity index (χ1v) is 13.2. The van der Waals surface area contributed by atoms with Gasteiger partial charge in [-0.3, -0.25) is 4.79 Å². The number of ether oxygens (including phenoxy) is 1. The molecule has 1 atom stereocenters. The number of carbonyl (C=O) groups is 1. The van der Waals surface area contributed by atoms with Crippen LogP contribution in [-0.4, -0.2) is 51.4 Å². The van der Waals surface area contributed by atoms with E-state index in [-0.39, 0.29) is 16.9 Å². The van der Waals surface area contributed by atoms with E-state index in [9.17, 15) is 28.2 Å². The maximum Gasteiger partial charge on any atom is 0.274 e. The van der Waals surface area contributed by atoms with Gasteiger partial charge in [0.25, 0.3) is 12.3 Å². The second-order valence-electron chi connectivity index (χ2n) is 10.9. The second-order valence-corrected chi connectivity index (χ2v) is 10.9. The summed E-state index contributed by atoms with van der Waals surface area (Å²) in [5, 5.41) is 33.1. The van der Waals surface area contributed by atoms with Crippen LogP contribution >= 0.6 is 0 Å². The third-order valence-corrected chi connectivity index (χ3v) is 7.21. The standard InChI is InChI=1S/C30H28F4N4O4/c1-29(2,40)20-13-23(36-26(24(20)32)16-6-8-19(31)9-7-16)30(41,28(33)34)14-35-27(39)18-10-17-11-21(15-4-5-15)37-38-25(17)22(12-18)42-3/h6-13,15,28,40-41H,4-5,14H2,1-3H3,(H,35,39)/t30-/m0/s1. The molecule has 1 fully saturated rings. The molecular formula is C30H28F4N4O4. The lowest BCUT2D eigenvalue weighted by atomic mass is 9.90. The summed E-state index contributed by atoms with van der Waals surface area (Å²) in [7, 11) is 1.39. The molecule has 0 spiro atoms. The Bertz CT molecular complexity index is 1660. The first-order valence-electron chi connectivity index (χ1n) is 13.2. The van der Waals surface area contributed by atoms with Gasteiger partial charge in [0.15, 0.2) is 11.4 Å². The van der Waals surface area contributed by atoms with Gasteiger partial charge in [0, 0.05) is 28.0 Å². The summed E-state index contributed by atoms with van der Waals surface area (Å²) in [5.74, 6) is -1.91. The van der Waals surface area contributed by atoms with Gasteiger partial charge in [-0.25, -0.2) is 22.5 Å². The summed E-state index contributed by atoms with van der Waals surface area (Å²) in [4.78, 5) is 17.1. The van der Waals surface area contributed by atoms with Crippen molar-refractivity contribution < 1.29 is 37.3 Å². The van der Waals surface area contributed by atoms with E-state index in [0.717, 1.165) is 36.7 Å². The Kier molecular flexibility index (Phi) is 7.62. The summed E-state index contributed by atoms with van der Waals surface area (Å²) < 4.78 is 63.3. The molecule has 4 aromatic rings. The third kappa shape index (κ3) is 5.64. The first kappa shape index (κ1) is 29.3. The number of hydrogen-bond acceptors (Lipinski definition) is 7. The number of methoxy groups -OCH3 is 1. The van der Waals surface area contributed by atoms with Gasteiger partial charge in [-0.05, 0) is 75.2 Å². The summed E-state index contributed by atoms with van der Waals surface area (Å²) in [6.07, 6.45) is -1.52. The third-order valence-electron chi connectivity index (χ3n) is 7.21. The number of aromatic nitrogens is 3. The Balaban J connectivity index is 1.51. The predicted octanol–water partition coefficient (Wildman–Crippen LogP) is 4.97. The van der Waals surface area contributed by atoms with Crippen LogP contribution in [0.5, 0.6) is 5.75 Å². The Morgan fingerprint density at radius 3 is 2.36 bits per heavy atom. The normalized spacial score (nSPS) is 15.1. The van der Waals surface area contributed by atoms with E-state index in [1.165, 1.54) is 45.2 Å². The molecular weight excluding hydrogens is 556 g/mol. The Labute approximate surface area is 238 Å². The zero-order valence-electron chi connectivity index (χ0n) is 23.0. The molecule has 1 saturated carbocycles. The van der Waals surface area contributed by atoms with Gasteiger partial charge < -0.3 is 20.3 Å². The van der Waals surface area contributed by atoms with Crippen LogP contribution in [0.25, 0.3) is 22.2 Å². The number of nitrogens with one attached hydrogen (secondary N) is 1. The summed E-state index contributed by atoms with van der Waals surface area (Å²) in [6.45, 7) is 1.45. The summed E-state index contributed by atoms with van der Waals surface area (Å²) in [6, 6.07) is 9.96. The van der Waals surface area contributed by atoms with Gasteiger partial charge in [0.1, 0.15) is 22.8 Å². The minimum Gasteiger partial charge on any atom is -0.494 e. The smallest absolute Gasteiger partial charge is 0.274 e. The van der Waals surface area contributed by atoms with E-state index in [4.69, 9.17) is 4.74 Å². The Hall–Kier alpha value is -4.16. The number of halogens is 4. The number of benzene rings is 2. The maximum atomic E-state index is 15.5. The molecule has 0 saturated heterocycles. The molecule has 2 aromatic heterocycles. The van der Waals surface area contributed by atoms with Crippen molar-refractivity contribution in [2.24, 2.45) is 0 Å². The van der Waals surface area contributed by atoms with E-state index >= 15 is 4.39 Å². The largest absolute Gasteiger partial charge is 0.494 e. The first-order chi connectivity index (χ1) is 19.8. The molecule has 8 nitrogen and oxygen atoms in total. The lowest BCUT2D eigenvalue weighted by Gasteiger charge is -2.30. The molecule has 2 aromatic carbocycles. The van der Waals surface area contributed by atoms with Crippen LogP contribution in [0, 0.1) is 11.6 Å². The average molecular weight is 585 g/mol. The molecule has 2 heterocycles. The van der Waals surface area contributed by atoms with Crippen molar-refractivity contribution in [2.45, 2.75) is 50.2 Å². The zero-order chi connectivity index (χ0) is 30.4. The SMILES string of the molecule is COc1cc(C(=O)NC[C@](O)(c2cc(C(C)(C)O)c(F)c(-c3ccc(F)cc3)n2)C(F)F)cc2cc(C3CC3)nnc12. The Morgan fingerprint density at radius 1 is 1.07 bits per heavy atom. The molecule has 220 valence electrons. The summed E-state index contributed by atoms with van der Waals surface area (Å²) in [5.41, 5.74) is -5.29. The number of hydrogen-bond donors (Lipinski definition) is 3. The topological polar surface area (TPSA) is 117 Å². The fourth-order valence-corrected chi connectivity index (χ4v) is 4.60. The van der Waals surface area contributed by atoms with Crippen molar-refractivity contribution >= 4 is 16.8 Å². The number of pyridine rings is 1. The molecule has 1 aliphatic rings. The van der Waals surface area contributed by atoms with Gasteiger partial charge >= 0.3 is 0 Å². The van der Waals surface area contributed by atoms with E-state index < -0.39 is 58.7 Å². The van der Waals surface area contributed by atoms with E-state index in [2.05, 4.69) is 20.5 Å². The van der Waals surface area contributed by atoms with Crippen LogP contribution in [0.3, 0.4) is 0 Å². The average Bonchev–Trinajstić information content (AvgIpc) is 3.80. The number of fused-ring (bicyclic) bond motifs is 1. The van der Waals surface area contributed by atoms with Crippen LogP contribution < -0.4 is 10.1 Å². The van der Waals surface area contributed by atoms with Crippen LogP contribution in [0.1, 0.15) is 59.9 Å². The summed E-state index contributed by atoms with van der Waals surface area (Å²) >= 11 is 0. The second kappa shape index (κ2) is 10.9. The van der Waals surface area contributed by atoms with Crippen LogP contribution in [0.15, 0.2) is 48.5 Å². The minimum atomic E-state index is -3.49. The highest BCUT2D eigenvalue weighted by Gasteiger charge is 2.43. The molecule has 42 heavy (non-hydrogen) atoms. The van der Waals surface area contributed by atoms with E-state index in [0.29, 0.717) is 16.8 Å². The molecule has 0 aliphatic heterocycles. The lowest BCUT2D eigenvalue weighted by Crippen LogP contribution is -2.47. The number of nitrogens with zero attached hydrogens (tertiary/aromatic N) is 3. The lowest BCUT2D eigenvalue weighted by molar-refractivity contribution is -0.101. The number of amides is 1. The number of rotatable bonds is 9. The van der Waals surface area contributed by atoms with Gasteiger partial charge in [-0.15, -0.1) is 5.10 Å². The van der Waals surface area contributed by atoms with Gasteiger partial charge in [-0.2, -0.15) is 5.10 Å². The highest BCUT2D eigenvalue weighted by atomic mass is 19.3. The van der Waals surface area contributed by atoms with Crippen LogP contribution in [0.4, 0.5) is 17.6 Å². The van der Waals surface area contributed by atoms with E-state index in [1.807, 2.05) is 0 Å². The molecule has 5 rings (SSSR count). The molecule has 12 heteroatoms. The van der Waals surface area contributed by atoms with Crippen LogP contribution in [-0.2, 0) is 11.2 Å². The van der Waals surface area contributed by atoms with Crippen molar-refractivity contribution in [2.75, 3.05) is 13.7 Å². The number of alkyl halides is 2.